The van der Waals surface area contributed by atoms with Gasteiger partial charge in [0.25, 0.3) is 0 Å². The maximum absolute atomic E-state index is 12.2. The molecule has 24 heavy (non-hydrogen) atoms. The predicted molar refractivity (Wildman–Crippen MR) is 94.3 cm³/mol. The second kappa shape index (κ2) is 5.40. The summed E-state index contributed by atoms with van der Waals surface area (Å²) in [4.78, 5) is 27.9. The predicted octanol–water partition coefficient (Wildman–Crippen LogP) is 3.31. The lowest BCUT2D eigenvalue weighted by atomic mass is 10.1. The smallest absolute Gasteiger partial charge is 0.318 e. The first-order chi connectivity index (χ1) is 11.5. The fraction of sp³-hybridized carbons (Fsp3) is 0.333. The lowest BCUT2D eigenvalue weighted by molar-refractivity contribution is 0.239. The maximum Gasteiger partial charge on any atom is 0.322 e. The Morgan fingerprint density at radius 3 is 1.54 bits per heavy atom. The van der Waals surface area contributed by atoms with Crippen LogP contribution in [0.4, 0.5) is 21.0 Å². The van der Waals surface area contributed by atoms with E-state index in [2.05, 4.69) is 10.6 Å². The van der Waals surface area contributed by atoms with E-state index in [1.807, 2.05) is 50.2 Å². The molecule has 2 heterocycles. The number of nitrogens with zero attached hydrogens (tertiary/aromatic N) is 2. The standard InChI is InChI=1S/C18H20N4O2/c1-11-9-21(11)17(23)19-15-7-3-6-14-13(15)5-4-8-16(14)20-18(24)22-10-12(22)2/h3-8,11-12H,9-10H2,1-2H3,(H,19,23)(H,20,24)/t11-,12-,21?,22?/m0/s1. The highest BCUT2D eigenvalue weighted by molar-refractivity contribution is 6.09. The molecule has 0 saturated carbocycles. The number of fused-ring (bicyclic) bond motifs is 1. The van der Waals surface area contributed by atoms with Crippen molar-refractivity contribution in [2.24, 2.45) is 0 Å². The molecular weight excluding hydrogens is 304 g/mol. The molecule has 0 bridgehead atoms. The van der Waals surface area contributed by atoms with Crippen LogP contribution in [-0.4, -0.2) is 47.0 Å². The van der Waals surface area contributed by atoms with Crippen molar-refractivity contribution in [2.75, 3.05) is 23.7 Å². The summed E-state index contributed by atoms with van der Waals surface area (Å²) in [5, 5.41) is 7.76. The fourth-order valence-electron chi connectivity index (χ4n) is 2.94. The Bertz CT molecular complexity index is 766. The molecule has 0 spiro atoms. The van der Waals surface area contributed by atoms with Crippen molar-refractivity contribution in [2.45, 2.75) is 25.9 Å². The van der Waals surface area contributed by atoms with E-state index >= 15 is 0 Å². The molecule has 0 aliphatic carbocycles. The number of carbonyl (C=O) groups excluding carboxylic acids is 2. The molecular formula is C18H20N4O2. The Kier molecular flexibility index (Phi) is 3.33. The normalized spacial score (nSPS) is 21.6. The summed E-state index contributed by atoms with van der Waals surface area (Å²) in [7, 11) is 0. The summed E-state index contributed by atoms with van der Waals surface area (Å²) in [6.45, 7) is 5.63. The Balaban J connectivity index is 1.61. The van der Waals surface area contributed by atoms with E-state index in [0.717, 1.165) is 35.2 Å². The quantitative estimate of drug-likeness (QED) is 0.832. The summed E-state index contributed by atoms with van der Waals surface area (Å²) in [5.74, 6) is 0. The van der Waals surface area contributed by atoms with Gasteiger partial charge in [-0.1, -0.05) is 24.3 Å². The van der Waals surface area contributed by atoms with Crippen LogP contribution < -0.4 is 10.6 Å². The van der Waals surface area contributed by atoms with E-state index in [-0.39, 0.29) is 12.1 Å². The molecule has 2 aliphatic heterocycles. The molecule has 4 amide bonds. The third-order valence-electron chi connectivity index (χ3n) is 4.65. The number of benzene rings is 2. The Hall–Kier alpha value is -2.76. The molecule has 2 fully saturated rings. The van der Waals surface area contributed by atoms with Gasteiger partial charge in [0.2, 0.25) is 0 Å². The monoisotopic (exact) mass is 324 g/mol. The number of hydrogen-bond donors (Lipinski definition) is 2. The van der Waals surface area contributed by atoms with E-state index in [4.69, 9.17) is 0 Å². The average molecular weight is 324 g/mol. The first-order valence-electron chi connectivity index (χ1n) is 8.21. The molecule has 2 saturated heterocycles. The number of rotatable bonds is 2. The van der Waals surface area contributed by atoms with Crippen LogP contribution in [0.5, 0.6) is 0 Å². The van der Waals surface area contributed by atoms with Crippen molar-refractivity contribution in [1.82, 2.24) is 9.80 Å². The maximum atomic E-state index is 12.2. The minimum absolute atomic E-state index is 0.0812. The zero-order valence-corrected chi connectivity index (χ0v) is 13.7. The van der Waals surface area contributed by atoms with Crippen molar-refractivity contribution in [3.8, 4) is 0 Å². The highest BCUT2D eigenvalue weighted by atomic mass is 16.2. The van der Waals surface area contributed by atoms with Crippen molar-refractivity contribution < 1.29 is 9.59 Å². The van der Waals surface area contributed by atoms with E-state index in [9.17, 15) is 9.59 Å². The number of nitrogens with one attached hydrogen (secondary N) is 2. The molecule has 124 valence electrons. The van der Waals surface area contributed by atoms with Crippen molar-refractivity contribution >= 4 is 34.2 Å². The van der Waals surface area contributed by atoms with Crippen molar-refractivity contribution in [1.29, 1.82) is 0 Å². The molecule has 2 aliphatic rings. The van der Waals surface area contributed by atoms with Crippen LogP contribution in [0.2, 0.25) is 0 Å². The zero-order valence-electron chi connectivity index (χ0n) is 13.7. The molecule has 2 N–H and O–H groups in total. The van der Waals surface area contributed by atoms with E-state index in [1.165, 1.54) is 0 Å². The van der Waals surface area contributed by atoms with Crippen LogP contribution in [0.15, 0.2) is 36.4 Å². The topological polar surface area (TPSA) is 64.2 Å². The zero-order chi connectivity index (χ0) is 16.8. The van der Waals surface area contributed by atoms with E-state index < -0.39 is 0 Å². The van der Waals surface area contributed by atoms with Gasteiger partial charge in [-0.2, -0.15) is 0 Å². The number of carbonyl (C=O) groups is 2. The average Bonchev–Trinajstić information content (AvgIpc) is 3.46. The molecule has 0 unspecified atom stereocenters. The summed E-state index contributed by atoms with van der Waals surface area (Å²) in [6.07, 6.45) is 0. The minimum atomic E-state index is -0.0812. The molecule has 0 aromatic heterocycles. The first kappa shape index (κ1) is 14.8. The van der Waals surface area contributed by atoms with Gasteiger partial charge in [-0.3, -0.25) is 0 Å². The highest BCUT2D eigenvalue weighted by Gasteiger charge is 2.35. The van der Waals surface area contributed by atoms with Gasteiger partial charge in [0, 0.05) is 35.9 Å². The van der Waals surface area contributed by atoms with Gasteiger partial charge in [0.1, 0.15) is 0 Å². The Labute approximate surface area is 140 Å². The first-order valence-corrected chi connectivity index (χ1v) is 8.21. The van der Waals surface area contributed by atoms with Gasteiger partial charge >= 0.3 is 12.1 Å². The minimum Gasteiger partial charge on any atom is -0.318 e. The van der Waals surface area contributed by atoms with Crippen LogP contribution in [0.1, 0.15) is 13.8 Å². The summed E-state index contributed by atoms with van der Waals surface area (Å²) in [6, 6.07) is 11.9. The van der Waals surface area contributed by atoms with Crippen LogP contribution in [0.25, 0.3) is 10.8 Å². The number of hydrogen-bond acceptors (Lipinski definition) is 2. The lowest BCUT2D eigenvalue weighted by Crippen LogP contribution is -2.21. The Morgan fingerprint density at radius 1 is 0.833 bits per heavy atom. The third kappa shape index (κ3) is 2.64. The van der Waals surface area contributed by atoms with Crippen LogP contribution in [-0.2, 0) is 0 Å². The molecule has 4 rings (SSSR count). The van der Waals surface area contributed by atoms with Gasteiger partial charge in [0.05, 0.1) is 11.4 Å². The summed E-state index contributed by atoms with van der Waals surface area (Å²) >= 11 is 0. The second-order valence-electron chi connectivity index (χ2n) is 6.57. The van der Waals surface area contributed by atoms with Crippen LogP contribution in [0, 0.1) is 0 Å². The molecule has 2 aromatic carbocycles. The van der Waals surface area contributed by atoms with E-state index in [1.54, 1.807) is 9.80 Å². The van der Waals surface area contributed by atoms with Crippen LogP contribution in [0.3, 0.4) is 0 Å². The van der Waals surface area contributed by atoms with Crippen molar-refractivity contribution in [3.05, 3.63) is 36.4 Å². The number of urea groups is 2. The van der Waals surface area contributed by atoms with Gasteiger partial charge in [-0.25, -0.2) is 9.59 Å². The number of amides is 4. The number of anilines is 2. The third-order valence-corrected chi connectivity index (χ3v) is 4.65. The largest absolute Gasteiger partial charge is 0.322 e. The van der Waals surface area contributed by atoms with E-state index in [0.29, 0.717) is 12.1 Å². The second-order valence-corrected chi connectivity index (χ2v) is 6.57. The van der Waals surface area contributed by atoms with Crippen LogP contribution >= 0.6 is 0 Å². The highest BCUT2D eigenvalue weighted by Crippen LogP contribution is 2.31. The summed E-state index contributed by atoms with van der Waals surface area (Å²) < 4.78 is 0. The summed E-state index contributed by atoms with van der Waals surface area (Å²) in [5.41, 5.74) is 1.51. The van der Waals surface area contributed by atoms with Gasteiger partial charge in [0.15, 0.2) is 0 Å². The van der Waals surface area contributed by atoms with Gasteiger partial charge in [-0.05, 0) is 26.0 Å². The van der Waals surface area contributed by atoms with Gasteiger partial charge < -0.3 is 20.4 Å². The molecule has 2 aromatic rings. The fourth-order valence-corrected chi connectivity index (χ4v) is 2.94. The Morgan fingerprint density at radius 2 is 1.21 bits per heavy atom. The molecule has 2 atom stereocenters. The molecule has 6 heteroatoms. The van der Waals surface area contributed by atoms with Crippen molar-refractivity contribution in [3.63, 3.8) is 0 Å². The molecule has 6 nitrogen and oxygen atoms in total. The van der Waals surface area contributed by atoms with Gasteiger partial charge in [-0.15, -0.1) is 0 Å². The lowest BCUT2D eigenvalue weighted by Gasteiger charge is -2.13. The SMILES string of the molecule is C[C@H]1CN1C(=O)Nc1cccc2c(NC(=O)N3C[C@@H]3C)cccc12. The molecule has 0 radical (unpaired) electrons.